The van der Waals surface area contributed by atoms with Crippen molar-refractivity contribution in [2.24, 2.45) is 0 Å². The molecule has 2 aromatic rings. The minimum atomic E-state index is -3.40. The van der Waals surface area contributed by atoms with Crippen molar-refractivity contribution >= 4 is 10.0 Å². The van der Waals surface area contributed by atoms with Gasteiger partial charge in [0.1, 0.15) is 5.82 Å². The number of sulfonamides is 1. The molecule has 1 aliphatic carbocycles. The highest BCUT2D eigenvalue weighted by atomic mass is 32.2. The monoisotopic (exact) mass is 362 g/mol. The zero-order valence-electron chi connectivity index (χ0n) is 14.1. The average molecular weight is 362 g/mol. The van der Waals surface area contributed by atoms with E-state index in [1.54, 1.807) is 36.7 Å². The molecule has 1 aromatic carbocycles. The molecule has 0 amide bonds. The van der Waals surface area contributed by atoms with Gasteiger partial charge in [0.05, 0.1) is 5.25 Å². The van der Waals surface area contributed by atoms with Crippen LogP contribution in [0.15, 0.2) is 48.8 Å². The molecule has 0 atom stereocenters. The Hall–Kier alpha value is -1.79. The fraction of sp³-hybridized carbons (Fsp3) is 0.421. The normalized spacial score (nSPS) is 15.8. The van der Waals surface area contributed by atoms with Crippen LogP contribution in [0.1, 0.15) is 36.8 Å². The number of hydrogen-bond acceptors (Lipinski definition) is 3. The fourth-order valence-corrected chi connectivity index (χ4v) is 5.36. The van der Waals surface area contributed by atoms with Crippen molar-refractivity contribution in [3.63, 3.8) is 0 Å². The molecule has 134 valence electrons. The van der Waals surface area contributed by atoms with Crippen molar-refractivity contribution in [3.05, 3.63) is 65.7 Å². The van der Waals surface area contributed by atoms with Gasteiger partial charge in [-0.15, -0.1) is 0 Å². The third kappa shape index (κ3) is 4.44. The van der Waals surface area contributed by atoms with E-state index < -0.39 is 10.0 Å². The van der Waals surface area contributed by atoms with Gasteiger partial charge >= 0.3 is 0 Å². The second kappa shape index (κ2) is 8.06. The van der Waals surface area contributed by atoms with E-state index in [-0.39, 0.29) is 24.2 Å². The maximum Gasteiger partial charge on any atom is 0.217 e. The van der Waals surface area contributed by atoms with Crippen molar-refractivity contribution in [3.8, 4) is 0 Å². The summed E-state index contributed by atoms with van der Waals surface area (Å²) in [6, 6.07) is 10.2. The van der Waals surface area contributed by atoms with E-state index in [2.05, 4.69) is 4.98 Å². The van der Waals surface area contributed by atoms with E-state index in [1.807, 2.05) is 6.07 Å². The lowest BCUT2D eigenvalue weighted by atomic mass is 10.1. The Morgan fingerprint density at radius 3 is 2.56 bits per heavy atom. The van der Waals surface area contributed by atoms with Crippen molar-refractivity contribution in [1.82, 2.24) is 9.29 Å². The lowest BCUT2D eigenvalue weighted by Gasteiger charge is -2.25. The zero-order chi connectivity index (χ0) is 17.7. The van der Waals surface area contributed by atoms with E-state index in [1.165, 1.54) is 10.4 Å². The largest absolute Gasteiger partial charge is 0.264 e. The first-order valence-electron chi connectivity index (χ1n) is 8.68. The summed E-state index contributed by atoms with van der Waals surface area (Å²) in [6.07, 6.45) is 7.05. The van der Waals surface area contributed by atoms with Gasteiger partial charge in [0.15, 0.2) is 0 Å². The average Bonchev–Trinajstić information content (AvgIpc) is 3.16. The summed E-state index contributed by atoms with van der Waals surface area (Å²) in [4.78, 5) is 4.07. The van der Waals surface area contributed by atoms with Gasteiger partial charge in [0.2, 0.25) is 10.0 Å². The molecule has 3 rings (SSSR count). The molecule has 25 heavy (non-hydrogen) atoms. The highest BCUT2D eigenvalue weighted by Gasteiger charge is 2.34. The Balaban J connectivity index is 1.80. The van der Waals surface area contributed by atoms with Crippen LogP contribution in [-0.2, 0) is 23.0 Å². The van der Waals surface area contributed by atoms with Crippen LogP contribution < -0.4 is 0 Å². The third-order valence-electron chi connectivity index (χ3n) is 4.75. The van der Waals surface area contributed by atoms with Crippen LogP contribution in [0.25, 0.3) is 0 Å². The molecule has 0 N–H and O–H groups in total. The minimum absolute atomic E-state index is 0.272. The van der Waals surface area contributed by atoms with Crippen molar-refractivity contribution in [2.75, 3.05) is 6.54 Å². The number of hydrogen-bond donors (Lipinski definition) is 0. The second-order valence-electron chi connectivity index (χ2n) is 6.49. The van der Waals surface area contributed by atoms with E-state index in [4.69, 9.17) is 0 Å². The summed E-state index contributed by atoms with van der Waals surface area (Å²) >= 11 is 0. The summed E-state index contributed by atoms with van der Waals surface area (Å²) in [6.45, 7) is 0.551. The van der Waals surface area contributed by atoms with Gasteiger partial charge in [-0.2, -0.15) is 4.31 Å². The van der Waals surface area contributed by atoms with Crippen molar-refractivity contribution in [1.29, 1.82) is 0 Å². The second-order valence-corrected chi connectivity index (χ2v) is 8.70. The first-order valence-corrected chi connectivity index (χ1v) is 10.2. The smallest absolute Gasteiger partial charge is 0.217 e. The predicted octanol–water partition coefficient (Wildman–Crippen LogP) is 3.54. The summed E-state index contributed by atoms with van der Waals surface area (Å²) in [5.74, 6) is -0.290. The van der Waals surface area contributed by atoms with Crippen molar-refractivity contribution in [2.45, 2.75) is 43.9 Å². The van der Waals surface area contributed by atoms with Gasteiger partial charge < -0.3 is 0 Å². The first kappa shape index (κ1) is 18.0. The first-order chi connectivity index (χ1) is 12.1. The number of aromatic nitrogens is 1. The molecule has 1 heterocycles. The van der Waals surface area contributed by atoms with E-state index in [0.29, 0.717) is 24.8 Å². The molecular weight excluding hydrogens is 339 g/mol. The van der Waals surface area contributed by atoms with Crippen LogP contribution in [0.4, 0.5) is 4.39 Å². The number of pyridine rings is 1. The predicted molar refractivity (Wildman–Crippen MR) is 95.9 cm³/mol. The molecule has 0 bridgehead atoms. The third-order valence-corrected chi connectivity index (χ3v) is 7.10. The van der Waals surface area contributed by atoms with E-state index in [9.17, 15) is 12.8 Å². The maximum atomic E-state index is 13.9. The highest BCUT2D eigenvalue weighted by molar-refractivity contribution is 7.89. The Kier molecular flexibility index (Phi) is 5.81. The van der Waals surface area contributed by atoms with Crippen LogP contribution in [0.3, 0.4) is 0 Å². The van der Waals surface area contributed by atoms with Crippen LogP contribution >= 0.6 is 0 Å². The molecule has 1 saturated carbocycles. The lowest BCUT2D eigenvalue weighted by molar-refractivity contribution is 0.398. The number of rotatable bonds is 7. The van der Waals surface area contributed by atoms with Crippen molar-refractivity contribution < 1.29 is 12.8 Å². The van der Waals surface area contributed by atoms with Gasteiger partial charge in [-0.05, 0) is 42.5 Å². The molecule has 1 aromatic heterocycles. The van der Waals surface area contributed by atoms with Gasteiger partial charge in [0, 0.05) is 25.5 Å². The van der Waals surface area contributed by atoms with Gasteiger partial charge in [-0.25, -0.2) is 12.8 Å². The Labute approximate surface area is 148 Å². The van der Waals surface area contributed by atoms with Gasteiger partial charge in [0.25, 0.3) is 0 Å². The standard InChI is InChI=1S/C19H23FN2O2S/c20-19-10-4-1-7-17(19)11-13-22(15-16-6-5-12-21-14-16)25(23,24)18-8-2-3-9-18/h1,4-7,10,12,14,18H,2-3,8-9,11,13,15H2. The number of halogens is 1. The van der Waals surface area contributed by atoms with Gasteiger partial charge in [-0.3, -0.25) is 4.98 Å². The Morgan fingerprint density at radius 1 is 1.12 bits per heavy atom. The van der Waals surface area contributed by atoms with Crippen LogP contribution in [-0.4, -0.2) is 29.5 Å². The van der Waals surface area contributed by atoms with E-state index in [0.717, 1.165) is 18.4 Å². The topological polar surface area (TPSA) is 50.3 Å². The molecule has 4 nitrogen and oxygen atoms in total. The molecule has 1 fully saturated rings. The molecular formula is C19H23FN2O2S. The molecule has 0 spiro atoms. The summed E-state index contributed by atoms with van der Waals surface area (Å²) in [5.41, 5.74) is 1.39. The summed E-state index contributed by atoms with van der Waals surface area (Å²) < 4.78 is 41.5. The Morgan fingerprint density at radius 2 is 1.88 bits per heavy atom. The minimum Gasteiger partial charge on any atom is -0.264 e. The number of benzene rings is 1. The molecule has 6 heteroatoms. The van der Waals surface area contributed by atoms with Crippen LogP contribution in [0, 0.1) is 5.82 Å². The molecule has 0 radical (unpaired) electrons. The Bertz CT molecular complexity index is 790. The van der Waals surface area contributed by atoms with E-state index >= 15 is 0 Å². The molecule has 0 aliphatic heterocycles. The molecule has 0 saturated heterocycles. The zero-order valence-corrected chi connectivity index (χ0v) is 15.0. The highest BCUT2D eigenvalue weighted by Crippen LogP contribution is 2.28. The van der Waals surface area contributed by atoms with Gasteiger partial charge in [-0.1, -0.05) is 37.1 Å². The maximum absolute atomic E-state index is 13.9. The quantitative estimate of drug-likeness (QED) is 0.757. The molecule has 0 unspecified atom stereocenters. The SMILES string of the molecule is O=S(=O)(C1CCCC1)N(CCc1ccccc1F)Cc1cccnc1. The van der Waals surface area contributed by atoms with Crippen LogP contribution in [0.2, 0.25) is 0 Å². The lowest BCUT2D eigenvalue weighted by Crippen LogP contribution is -2.38. The molecule has 1 aliphatic rings. The van der Waals surface area contributed by atoms with Crippen LogP contribution in [0.5, 0.6) is 0 Å². The fourth-order valence-electron chi connectivity index (χ4n) is 3.33. The summed E-state index contributed by atoms with van der Waals surface area (Å²) in [5, 5.41) is -0.315. The summed E-state index contributed by atoms with van der Waals surface area (Å²) in [7, 11) is -3.40. The number of nitrogens with zero attached hydrogens (tertiary/aromatic N) is 2.